The van der Waals surface area contributed by atoms with Gasteiger partial charge in [0.1, 0.15) is 12.3 Å². The highest BCUT2D eigenvalue weighted by atomic mass is 19.1. The summed E-state index contributed by atoms with van der Waals surface area (Å²) < 4.78 is 36.5. The Morgan fingerprint density at radius 1 is 1.10 bits per heavy atom. The molecule has 2 aromatic heterocycles. The number of nitrogen functional groups attached to an aromatic ring is 1. The zero-order valence-corrected chi connectivity index (χ0v) is 24.8. The number of halogens is 1. The lowest BCUT2D eigenvalue weighted by atomic mass is 9.99. The van der Waals surface area contributed by atoms with Crippen molar-refractivity contribution >= 4 is 23.1 Å². The molecule has 1 fully saturated rings. The molecule has 2 aromatic rings. The Bertz CT molecular complexity index is 1140. The van der Waals surface area contributed by atoms with E-state index >= 15 is 0 Å². The van der Waals surface area contributed by atoms with Crippen LogP contribution in [0.15, 0.2) is 6.33 Å². The third-order valence-corrected chi connectivity index (χ3v) is 7.58. The van der Waals surface area contributed by atoms with Gasteiger partial charge in [-0.25, -0.2) is 9.78 Å². The fraction of sp³-hybridized carbons (Fsp3) is 0.733. The van der Waals surface area contributed by atoms with Gasteiger partial charge in [-0.05, 0) is 6.42 Å². The lowest BCUT2D eigenvalue weighted by Crippen LogP contribution is -2.42. The van der Waals surface area contributed by atoms with Gasteiger partial charge in [0.05, 0.1) is 19.5 Å². The monoisotopic (exact) mass is 591 g/mol. The number of aliphatic hydroxyl groups is 1. The Balaban J connectivity index is 1.23. The molecular weight excluding hydrogens is 545 g/mol. The SMILES string of the molecule is C#C[C@]1(COCOC(=O)OCCCCCCCCCCCCCCCC)O[C@@H](n2cnc3c(N)nc(F)nc32)C[C@@H]1O. The molecule has 12 heteroatoms. The Labute approximate surface area is 247 Å². The second kappa shape index (κ2) is 17.8. The standard InChI is InChI=1S/C30H46FN5O6/c1-3-5-6-7-8-9-10-11-12-13-14-15-16-17-18-40-29(38)41-22-39-20-30(4-2)23(37)19-24(42-30)36-21-33-25-26(32)34-28(31)35-27(25)36/h2,21,23-24,37H,3,5-20,22H2,1H3,(H2,32,34,35)/t23-,24+,30+/m0/s1. The molecule has 0 unspecified atom stereocenters. The minimum atomic E-state index is -1.53. The van der Waals surface area contributed by atoms with Gasteiger partial charge in [-0.15, -0.1) is 6.42 Å². The number of aromatic nitrogens is 4. The number of unbranched alkanes of at least 4 members (excludes halogenated alkanes) is 13. The van der Waals surface area contributed by atoms with Crippen LogP contribution in [0.3, 0.4) is 0 Å². The van der Waals surface area contributed by atoms with Crippen molar-refractivity contribution in [2.24, 2.45) is 0 Å². The van der Waals surface area contributed by atoms with E-state index in [1.165, 1.54) is 81.5 Å². The third-order valence-electron chi connectivity index (χ3n) is 7.58. The molecule has 234 valence electrons. The van der Waals surface area contributed by atoms with Gasteiger partial charge in [0, 0.05) is 6.42 Å². The molecule has 1 aliphatic heterocycles. The largest absolute Gasteiger partial charge is 0.510 e. The average molecular weight is 592 g/mol. The molecule has 0 radical (unpaired) electrons. The second-order valence-electron chi connectivity index (χ2n) is 10.9. The second-order valence-corrected chi connectivity index (χ2v) is 10.9. The van der Waals surface area contributed by atoms with Crippen molar-refractivity contribution < 1.29 is 33.2 Å². The molecule has 11 nitrogen and oxygen atoms in total. The zero-order chi connectivity index (χ0) is 30.2. The molecule has 0 aliphatic carbocycles. The summed E-state index contributed by atoms with van der Waals surface area (Å²) in [4.78, 5) is 23.1. The van der Waals surface area contributed by atoms with E-state index in [0.29, 0.717) is 0 Å². The summed E-state index contributed by atoms with van der Waals surface area (Å²) >= 11 is 0. The van der Waals surface area contributed by atoms with Crippen LogP contribution in [-0.2, 0) is 18.9 Å². The van der Waals surface area contributed by atoms with E-state index in [9.17, 15) is 14.3 Å². The van der Waals surface area contributed by atoms with Gasteiger partial charge in [-0.3, -0.25) is 4.57 Å². The molecule has 0 saturated carbocycles. The van der Waals surface area contributed by atoms with Gasteiger partial charge in [0.15, 0.2) is 29.4 Å². The maximum atomic E-state index is 13.7. The maximum Gasteiger partial charge on any atom is 0.510 e. The molecule has 1 aliphatic rings. The van der Waals surface area contributed by atoms with Gasteiger partial charge in [-0.2, -0.15) is 14.4 Å². The minimum Gasteiger partial charge on any atom is -0.434 e. The molecular formula is C30H46FN5O6. The number of anilines is 1. The van der Waals surface area contributed by atoms with Crippen LogP contribution in [0, 0.1) is 18.4 Å². The molecule has 0 spiro atoms. The van der Waals surface area contributed by atoms with Crippen LogP contribution >= 0.6 is 0 Å². The topological polar surface area (TPSA) is 144 Å². The average Bonchev–Trinajstić information content (AvgIpc) is 3.54. The van der Waals surface area contributed by atoms with Crippen LogP contribution < -0.4 is 5.73 Å². The fourth-order valence-corrected chi connectivity index (χ4v) is 5.12. The van der Waals surface area contributed by atoms with Crippen LogP contribution in [0.25, 0.3) is 11.2 Å². The van der Waals surface area contributed by atoms with Gasteiger partial charge < -0.3 is 29.8 Å². The highest BCUT2D eigenvalue weighted by Crippen LogP contribution is 2.38. The van der Waals surface area contributed by atoms with Crippen molar-refractivity contribution in [1.82, 2.24) is 19.5 Å². The summed E-state index contributed by atoms with van der Waals surface area (Å²) in [6.07, 6.45) is 20.8. The van der Waals surface area contributed by atoms with Crippen molar-refractivity contribution in [3.63, 3.8) is 0 Å². The lowest BCUT2D eigenvalue weighted by molar-refractivity contribution is -0.132. The van der Waals surface area contributed by atoms with Crippen molar-refractivity contribution in [2.75, 3.05) is 25.7 Å². The predicted molar refractivity (Wildman–Crippen MR) is 156 cm³/mol. The molecule has 0 amide bonds. The van der Waals surface area contributed by atoms with E-state index in [1.807, 2.05) is 0 Å². The Hall–Kier alpha value is -3.01. The summed E-state index contributed by atoms with van der Waals surface area (Å²) in [5.41, 5.74) is 4.49. The first-order valence-corrected chi connectivity index (χ1v) is 15.3. The Morgan fingerprint density at radius 3 is 2.33 bits per heavy atom. The number of aliphatic hydroxyl groups excluding tert-OH is 1. The first-order chi connectivity index (χ1) is 20.4. The molecule has 1 saturated heterocycles. The Morgan fingerprint density at radius 2 is 1.71 bits per heavy atom. The van der Waals surface area contributed by atoms with E-state index in [2.05, 4.69) is 27.8 Å². The smallest absolute Gasteiger partial charge is 0.434 e. The number of nitrogens with two attached hydrogens (primary N) is 1. The van der Waals surface area contributed by atoms with E-state index in [4.69, 9.17) is 31.1 Å². The number of hydrogen-bond donors (Lipinski definition) is 2. The number of terminal acetylenes is 1. The van der Waals surface area contributed by atoms with Gasteiger partial charge in [0.2, 0.25) is 0 Å². The van der Waals surface area contributed by atoms with Gasteiger partial charge in [-0.1, -0.05) is 96.3 Å². The van der Waals surface area contributed by atoms with Crippen LogP contribution in [0.2, 0.25) is 0 Å². The number of imidazole rings is 1. The number of ether oxygens (including phenoxy) is 4. The molecule has 3 N–H and O–H groups in total. The number of hydrogen-bond acceptors (Lipinski definition) is 10. The van der Waals surface area contributed by atoms with Crippen LogP contribution in [0.4, 0.5) is 15.0 Å². The van der Waals surface area contributed by atoms with Crippen molar-refractivity contribution in [2.45, 2.75) is 121 Å². The van der Waals surface area contributed by atoms with Crippen molar-refractivity contribution in [3.8, 4) is 12.3 Å². The van der Waals surface area contributed by atoms with Crippen molar-refractivity contribution in [3.05, 3.63) is 12.4 Å². The van der Waals surface area contributed by atoms with Crippen LogP contribution in [0.5, 0.6) is 0 Å². The summed E-state index contributed by atoms with van der Waals surface area (Å²) in [6.45, 7) is 1.85. The van der Waals surface area contributed by atoms with Crippen LogP contribution in [-0.4, -0.2) is 62.5 Å². The highest BCUT2D eigenvalue weighted by molar-refractivity contribution is 5.81. The third kappa shape index (κ3) is 10.1. The summed E-state index contributed by atoms with van der Waals surface area (Å²) in [5, 5.41) is 10.7. The lowest BCUT2D eigenvalue weighted by Gasteiger charge is -2.26. The maximum absolute atomic E-state index is 13.7. The minimum absolute atomic E-state index is 0.0621. The van der Waals surface area contributed by atoms with E-state index in [1.54, 1.807) is 0 Å². The highest BCUT2D eigenvalue weighted by Gasteiger charge is 2.48. The summed E-state index contributed by atoms with van der Waals surface area (Å²) in [5.74, 6) is 2.31. The van der Waals surface area contributed by atoms with E-state index < -0.39 is 37.0 Å². The van der Waals surface area contributed by atoms with Crippen molar-refractivity contribution in [1.29, 1.82) is 0 Å². The molecule has 0 bridgehead atoms. The molecule has 0 aromatic carbocycles. The first kappa shape index (κ1) is 33.5. The number of carbonyl (C=O) groups excluding carboxylic acids is 1. The molecule has 3 heterocycles. The first-order valence-electron chi connectivity index (χ1n) is 15.3. The summed E-state index contributed by atoms with van der Waals surface area (Å²) in [7, 11) is 0. The number of rotatable bonds is 20. The zero-order valence-electron chi connectivity index (χ0n) is 24.8. The normalized spacial score (nSPS) is 20.1. The van der Waals surface area contributed by atoms with Crippen LogP contribution in [0.1, 0.15) is 109 Å². The molecule has 3 atom stereocenters. The predicted octanol–water partition coefficient (Wildman–Crippen LogP) is 5.81. The summed E-state index contributed by atoms with van der Waals surface area (Å²) in [6, 6.07) is 0. The van der Waals surface area contributed by atoms with E-state index in [0.717, 1.165) is 19.3 Å². The number of nitrogens with zero attached hydrogens (tertiary/aromatic N) is 4. The van der Waals surface area contributed by atoms with Gasteiger partial charge >= 0.3 is 12.2 Å². The van der Waals surface area contributed by atoms with E-state index in [-0.39, 0.29) is 36.6 Å². The quantitative estimate of drug-likeness (QED) is 0.0636. The number of carbonyl (C=O) groups is 1. The molecule has 42 heavy (non-hydrogen) atoms. The fourth-order valence-electron chi connectivity index (χ4n) is 5.12. The molecule has 3 rings (SSSR count). The Kier molecular flexibility index (Phi) is 14.2. The van der Waals surface area contributed by atoms with Gasteiger partial charge in [0.25, 0.3) is 0 Å². The number of fused-ring (bicyclic) bond motifs is 1.